The summed E-state index contributed by atoms with van der Waals surface area (Å²) in [5.74, 6) is -1.32. The molecule has 1 N–H and O–H groups in total. The van der Waals surface area contributed by atoms with Crippen LogP contribution in [-0.2, 0) is 16.0 Å². The van der Waals surface area contributed by atoms with Crippen LogP contribution in [-0.4, -0.2) is 16.9 Å². The van der Waals surface area contributed by atoms with Gasteiger partial charge in [0.15, 0.2) is 0 Å². The molecule has 1 aromatic rings. The lowest BCUT2D eigenvalue weighted by atomic mass is 9.93. The van der Waals surface area contributed by atoms with E-state index in [-0.39, 0.29) is 12.2 Å². The van der Waals surface area contributed by atoms with Crippen molar-refractivity contribution in [3.05, 3.63) is 35.9 Å². The maximum Gasteiger partial charge on any atom is 0.306 e. The molecular formula is C18H26O3. The lowest BCUT2D eigenvalue weighted by Gasteiger charge is -2.11. The zero-order chi connectivity index (χ0) is 15.5. The number of ketones is 1. The first-order chi connectivity index (χ1) is 10.1. The third-order valence-corrected chi connectivity index (χ3v) is 3.76. The zero-order valence-corrected chi connectivity index (χ0v) is 12.9. The Morgan fingerprint density at radius 2 is 1.81 bits per heavy atom. The van der Waals surface area contributed by atoms with E-state index in [1.54, 1.807) is 0 Å². The molecule has 1 atom stereocenters. The third-order valence-electron chi connectivity index (χ3n) is 3.76. The Bertz CT molecular complexity index is 425. The molecule has 0 bridgehead atoms. The second-order valence-corrected chi connectivity index (χ2v) is 5.61. The topological polar surface area (TPSA) is 54.4 Å². The van der Waals surface area contributed by atoms with Crippen LogP contribution in [0.25, 0.3) is 0 Å². The maximum atomic E-state index is 11.9. The van der Waals surface area contributed by atoms with Crippen LogP contribution in [0.3, 0.4) is 0 Å². The molecule has 1 unspecified atom stereocenters. The first-order valence-corrected chi connectivity index (χ1v) is 7.92. The van der Waals surface area contributed by atoms with Crippen LogP contribution in [0.4, 0.5) is 0 Å². The third kappa shape index (κ3) is 7.64. The Morgan fingerprint density at radius 1 is 1.10 bits per heavy atom. The standard InChI is InChI=1S/C18H26O3/c1-2-3-4-8-11-17(19)14-16(18(20)21)13-12-15-9-6-5-7-10-15/h5-7,9-10,16H,2-4,8,11-14H2,1H3,(H,20,21). The molecule has 0 saturated heterocycles. The van der Waals surface area contributed by atoms with Crippen molar-refractivity contribution in [1.82, 2.24) is 0 Å². The van der Waals surface area contributed by atoms with Crippen molar-refractivity contribution < 1.29 is 14.7 Å². The van der Waals surface area contributed by atoms with Gasteiger partial charge >= 0.3 is 5.97 Å². The van der Waals surface area contributed by atoms with Gasteiger partial charge in [-0.15, -0.1) is 0 Å². The van der Waals surface area contributed by atoms with Crippen molar-refractivity contribution >= 4 is 11.8 Å². The molecule has 0 aromatic heterocycles. The van der Waals surface area contributed by atoms with Gasteiger partial charge < -0.3 is 5.11 Å². The zero-order valence-electron chi connectivity index (χ0n) is 12.9. The van der Waals surface area contributed by atoms with Crippen LogP contribution in [0.5, 0.6) is 0 Å². The summed E-state index contributed by atoms with van der Waals surface area (Å²) < 4.78 is 0. The summed E-state index contributed by atoms with van der Waals surface area (Å²) in [4.78, 5) is 23.1. The van der Waals surface area contributed by atoms with Gasteiger partial charge in [0.2, 0.25) is 0 Å². The van der Waals surface area contributed by atoms with Gasteiger partial charge in [0, 0.05) is 12.8 Å². The van der Waals surface area contributed by atoms with E-state index in [1.165, 1.54) is 0 Å². The van der Waals surface area contributed by atoms with E-state index in [0.717, 1.165) is 31.2 Å². The van der Waals surface area contributed by atoms with Gasteiger partial charge in [-0.25, -0.2) is 0 Å². The number of benzene rings is 1. The highest BCUT2D eigenvalue weighted by atomic mass is 16.4. The fourth-order valence-electron chi connectivity index (χ4n) is 2.42. The fourth-order valence-corrected chi connectivity index (χ4v) is 2.42. The van der Waals surface area contributed by atoms with Crippen LogP contribution < -0.4 is 0 Å². The van der Waals surface area contributed by atoms with E-state index in [9.17, 15) is 14.7 Å². The number of unbranched alkanes of at least 4 members (excludes halogenated alkanes) is 3. The van der Waals surface area contributed by atoms with E-state index < -0.39 is 11.9 Å². The Hall–Kier alpha value is -1.64. The number of Topliss-reactive ketones (excluding diaryl/α,β-unsaturated/α-hetero) is 1. The van der Waals surface area contributed by atoms with Crippen molar-refractivity contribution in [2.75, 3.05) is 0 Å². The van der Waals surface area contributed by atoms with Gasteiger partial charge in [-0.1, -0.05) is 56.5 Å². The normalized spacial score (nSPS) is 12.0. The number of hydrogen-bond donors (Lipinski definition) is 1. The summed E-state index contributed by atoms with van der Waals surface area (Å²) in [7, 11) is 0. The monoisotopic (exact) mass is 290 g/mol. The number of aryl methyl sites for hydroxylation is 1. The molecule has 0 heterocycles. The molecule has 3 nitrogen and oxygen atoms in total. The molecule has 21 heavy (non-hydrogen) atoms. The van der Waals surface area contributed by atoms with Crippen LogP contribution >= 0.6 is 0 Å². The van der Waals surface area contributed by atoms with Crippen LogP contribution in [0.15, 0.2) is 30.3 Å². The average molecular weight is 290 g/mol. The highest BCUT2D eigenvalue weighted by Gasteiger charge is 2.20. The van der Waals surface area contributed by atoms with E-state index in [1.807, 2.05) is 30.3 Å². The van der Waals surface area contributed by atoms with E-state index in [2.05, 4.69) is 6.92 Å². The molecule has 0 amide bonds. The van der Waals surface area contributed by atoms with Crippen molar-refractivity contribution in [3.8, 4) is 0 Å². The largest absolute Gasteiger partial charge is 0.481 e. The minimum atomic E-state index is -0.854. The molecule has 0 aliphatic carbocycles. The molecule has 0 spiro atoms. The van der Waals surface area contributed by atoms with Gasteiger partial charge in [-0.05, 0) is 24.8 Å². The first-order valence-electron chi connectivity index (χ1n) is 7.92. The predicted octanol–water partition coefficient (Wildman–Crippen LogP) is 4.25. The smallest absolute Gasteiger partial charge is 0.306 e. The van der Waals surface area contributed by atoms with Gasteiger partial charge in [-0.2, -0.15) is 0 Å². The molecule has 0 aliphatic rings. The number of rotatable bonds is 11. The number of carbonyl (C=O) groups is 2. The van der Waals surface area contributed by atoms with Gasteiger partial charge in [-0.3, -0.25) is 9.59 Å². The molecule has 0 aliphatic heterocycles. The molecule has 0 saturated carbocycles. The SMILES string of the molecule is CCCCCCC(=O)CC(CCc1ccccc1)C(=O)O. The van der Waals surface area contributed by atoms with Crippen molar-refractivity contribution in [1.29, 1.82) is 0 Å². The highest BCUT2D eigenvalue weighted by molar-refractivity contribution is 5.83. The van der Waals surface area contributed by atoms with E-state index in [0.29, 0.717) is 19.3 Å². The number of aliphatic carboxylic acids is 1. The number of carbonyl (C=O) groups excluding carboxylic acids is 1. The van der Waals surface area contributed by atoms with E-state index in [4.69, 9.17) is 0 Å². The summed E-state index contributed by atoms with van der Waals surface area (Å²) in [5, 5.41) is 9.26. The Morgan fingerprint density at radius 3 is 2.43 bits per heavy atom. The minimum absolute atomic E-state index is 0.0894. The minimum Gasteiger partial charge on any atom is -0.481 e. The first kappa shape index (κ1) is 17.4. The maximum absolute atomic E-state index is 11.9. The Labute approximate surface area is 127 Å². The molecule has 3 heteroatoms. The van der Waals surface area contributed by atoms with E-state index >= 15 is 0 Å². The summed E-state index contributed by atoms with van der Waals surface area (Å²) in [6, 6.07) is 9.82. The molecule has 1 rings (SSSR count). The van der Waals surface area contributed by atoms with Crippen molar-refractivity contribution in [2.24, 2.45) is 5.92 Å². The second kappa shape index (κ2) is 10.1. The van der Waals surface area contributed by atoms with Crippen molar-refractivity contribution in [2.45, 2.75) is 58.3 Å². The lowest BCUT2D eigenvalue weighted by molar-refractivity contribution is -0.144. The molecule has 116 valence electrons. The van der Waals surface area contributed by atoms with Gasteiger partial charge in [0.05, 0.1) is 5.92 Å². The molecule has 0 radical (unpaired) electrons. The van der Waals surface area contributed by atoms with Crippen LogP contribution in [0.2, 0.25) is 0 Å². The Kier molecular flexibility index (Phi) is 8.41. The highest BCUT2D eigenvalue weighted by Crippen LogP contribution is 2.16. The Balaban J connectivity index is 2.35. The predicted molar refractivity (Wildman–Crippen MR) is 84.3 cm³/mol. The average Bonchev–Trinajstić information content (AvgIpc) is 2.48. The summed E-state index contributed by atoms with van der Waals surface area (Å²) in [6.45, 7) is 2.13. The number of carboxylic acid groups (broad SMARTS) is 1. The second-order valence-electron chi connectivity index (χ2n) is 5.61. The fraction of sp³-hybridized carbons (Fsp3) is 0.556. The quantitative estimate of drug-likeness (QED) is 0.620. The number of carboxylic acids is 1. The van der Waals surface area contributed by atoms with Crippen molar-refractivity contribution in [3.63, 3.8) is 0 Å². The van der Waals surface area contributed by atoms with Crippen LogP contribution in [0.1, 0.15) is 57.4 Å². The van der Waals surface area contributed by atoms with Gasteiger partial charge in [0.25, 0.3) is 0 Å². The molecule has 1 aromatic carbocycles. The lowest BCUT2D eigenvalue weighted by Crippen LogP contribution is -2.18. The molecular weight excluding hydrogens is 264 g/mol. The summed E-state index contributed by atoms with van der Waals surface area (Å²) in [5.41, 5.74) is 1.12. The van der Waals surface area contributed by atoms with Gasteiger partial charge in [0.1, 0.15) is 5.78 Å². The van der Waals surface area contributed by atoms with Crippen LogP contribution in [0, 0.1) is 5.92 Å². The number of hydrogen-bond acceptors (Lipinski definition) is 2. The molecule has 0 fully saturated rings. The summed E-state index contributed by atoms with van der Waals surface area (Å²) >= 11 is 0. The summed E-state index contributed by atoms with van der Waals surface area (Å²) in [6.07, 6.45) is 6.17.